The van der Waals surface area contributed by atoms with Gasteiger partial charge in [0.25, 0.3) is 0 Å². The largest absolute Gasteiger partial charge is 0.573 e. The summed E-state index contributed by atoms with van der Waals surface area (Å²) >= 11 is 0. The molecule has 1 saturated heterocycles. The van der Waals surface area contributed by atoms with Crippen molar-refractivity contribution in [2.24, 2.45) is 5.73 Å². The summed E-state index contributed by atoms with van der Waals surface area (Å²) in [4.78, 5) is 2.34. The van der Waals surface area contributed by atoms with Gasteiger partial charge in [-0.2, -0.15) is 0 Å². The molecule has 156 valence electrons. The van der Waals surface area contributed by atoms with Gasteiger partial charge in [0.2, 0.25) is 0 Å². The van der Waals surface area contributed by atoms with Crippen LogP contribution < -0.4 is 15.2 Å². The second kappa shape index (κ2) is 8.24. The van der Waals surface area contributed by atoms with E-state index in [0.717, 1.165) is 44.3 Å². The van der Waals surface area contributed by atoms with E-state index in [1.54, 1.807) is 6.07 Å². The highest BCUT2D eigenvalue weighted by molar-refractivity contribution is 5.41. The van der Waals surface area contributed by atoms with Crippen LogP contribution in [0.2, 0.25) is 0 Å². The lowest BCUT2D eigenvalue weighted by Gasteiger charge is -2.43. The van der Waals surface area contributed by atoms with E-state index in [-0.39, 0.29) is 29.7 Å². The molecule has 0 aromatic heterocycles. The molecule has 3 atom stereocenters. The summed E-state index contributed by atoms with van der Waals surface area (Å²) in [6.07, 6.45) is -1.37. The zero-order chi connectivity index (χ0) is 20.4. The van der Waals surface area contributed by atoms with Gasteiger partial charge in [-0.3, -0.25) is 4.90 Å². The number of ether oxygens (including phenoxy) is 2. The Morgan fingerprint density at radius 2 is 1.69 bits per heavy atom. The standard InChI is InChI=1S/C22H25F3N2O2/c23-22(24,25)29-20-10-4-3-9-19(20)28-21-17-8-2-1-6-15(17)11-12-18(21)27-13-5-7-16(26)14-27/h1-4,6,8-10,16,18,21H,5,7,11-14,26H2/t16-,18-,21-/m0/s1. The van der Waals surface area contributed by atoms with Gasteiger partial charge in [0.15, 0.2) is 11.5 Å². The highest BCUT2D eigenvalue weighted by Crippen LogP contribution is 2.41. The van der Waals surface area contributed by atoms with Crippen LogP contribution in [-0.2, 0) is 6.42 Å². The molecule has 2 N–H and O–H groups in total. The van der Waals surface area contributed by atoms with E-state index in [4.69, 9.17) is 10.5 Å². The van der Waals surface area contributed by atoms with Crippen molar-refractivity contribution in [3.63, 3.8) is 0 Å². The molecule has 1 fully saturated rings. The molecule has 7 heteroatoms. The molecular formula is C22H25F3N2O2. The third kappa shape index (κ3) is 4.67. The average molecular weight is 406 g/mol. The molecule has 1 aliphatic heterocycles. The fraction of sp³-hybridized carbons (Fsp3) is 0.455. The second-order valence-corrected chi connectivity index (χ2v) is 7.74. The molecule has 1 aliphatic carbocycles. The van der Waals surface area contributed by atoms with Crippen LogP contribution in [0.3, 0.4) is 0 Å². The van der Waals surface area contributed by atoms with E-state index in [2.05, 4.69) is 15.7 Å². The van der Waals surface area contributed by atoms with E-state index in [0.29, 0.717) is 0 Å². The second-order valence-electron chi connectivity index (χ2n) is 7.74. The molecule has 0 radical (unpaired) electrons. The van der Waals surface area contributed by atoms with Gasteiger partial charge in [0.1, 0.15) is 6.10 Å². The molecule has 4 rings (SSSR count). The lowest BCUT2D eigenvalue weighted by molar-refractivity contribution is -0.275. The van der Waals surface area contributed by atoms with Crippen LogP contribution in [0.5, 0.6) is 11.5 Å². The number of aryl methyl sites for hydroxylation is 1. The third-order valence-corrected chi connectivity index (χ3v) is 5.71. The van der Waals surface area contributed by atoms with Crippen molar-refractivity contribution in [2.45, 2.75) is 50.2 Å². The minimum atomic E-state index is -4.77. The van der Waals surface area contributed by atoms with Crippen LogP contribution in [0, 0.1) is 0 Å². The number of benzene rings is 2. The first-order valence-corrected chi connectivity index (χ1v) is 9.99. The average Bonchev–Trinajstić information content (AvgIpc) is 2.68. The van der Waals surface area contributed by atoms with Crippen molar-refractivity contribution in [3.8, 4) is 11.5 Å². The van der Waals surface area contributed by atoms with Gasteiger partial charge >= 0.3 is 6.36 Å². The van der Waals surface area contributed by atoms with Gasteiger partial charge in [-0.05, 0) is 55.5 Å². The SMILES string of the molecule is N[C@H]1CCCN([C@H]2CCc3ccccc3[C@@H]2Oc2ccccc2OC(F)(F)F)C1. The van der Waals surface area contributed by atoms with Crippen LogP contribution in [-0.4, -0.2) is 36.4 Å². The molecule has 2 aliphatic rings. The van der Waals surface area contributed by atoms with Gasteiger partial charge in [0.05, 0.1) is 6.04 Å². The molecule has 0 amide bonds. The Labute approximate surface area is 168 Å². The number of rotatable bonds is 4. The van der Waals surface area contributed by atoms with E-state index >= 15 is 0 Å². The summed E-state index contributed by atoms with van der Waals surface area (Å²) < 4.78 is 49.0. The van der Waals surface area contributed by atoms with E-state index in [1.165, 1.54) is 23.8 Å². The number of fused-ring (bicyclic) bond motifs is 1. The number of halogens is 3. The summed E-state index contributed by atoms with van der Waals surface area (Å²) in [5.41, 5.74) is 8.38. The van der Waals surface area contributed by atoms with Crippen molar-refractivity contribution in [1.82, 2.24) is 4.90 Å². The Bertz CT molecular complexity index is 843. The fourth-order valence-electron chi connectivity index (χ4n) is 4.45. The Morgan fingerprint density at radius 3 is 2.45 bits per heavy atom. The van der Waals surface area contributed by atoms with Gasteiger partial charge in [-0.1, -0.05) is 36.4 Å². The molecule has 0 spiro atoms. The van der Waals surface area contributed by atoms with Crippen molar-refractivity contribution in [2.75, 3.05) is 13.1 Å². The molecule has 0 bridgehead atoms. The summed E-state index contributed by atoms with van der Waals surface area (Å²) in [5, 5.41) is 0. The smallest absolute Gasteiger partial charge is 0.480 e. The lowest BCUT2D eigenvalue weighted by atomic mass is 9.84. The van der Waals surface area contributed by atoms with Crippen LogP contribution >= 0.6 is 0 Å². The first-order valence-electron chi connectivity index (χ1n) is 9.99. The Hall–Kier alpha value is -2.25. The molecule has 2 aromatic carbocycles. The Kier molecular flexibility index (Phi) is 5.69. The zero-order valence-corrected chi connectivity index (χ0v) is 16.1. The topological polar surface area (TPSA) is 47.7 Å². The quantitative estimate of drug-likeness (QED) is 0.815. The van der Waals surface area contributed by atoms with Crippen LogP contribution in [0.25, 0.3) is 0 Å². The van der Waals surface area contributed by atoms with E-state index in [1.807, 2.05) is 18.2 Å². The van der Waals surface area contributed by atoms with Crippen molar-refractivity contribution >= 4 is 0 Å². The zero-order valence-electron chi connectivity index (χ0n) is 16.1. The van der Waals surface area contributed by atoms with Gasteiger partial charge in [0, 0.05) is 12.6 Å². The normalized spacial score (nSPS) is 25.3. The number of hydrogen-bond acceptors (Lipinski definition) is 4. The van der Waals surface area contributed by atoms with Gasteiger partial charge in [-0.25, -0.2) is 0 Å². The molecule has 0 unspecified atom stereocenters. The van der Waals surface area contributed by atoms with Crippen LogP contribution in [0.15, 0.2) is 48.5 Å². The highest BCUT2D eigenvalue weighted by Gasteiger charge is 2.38. The maximum atomic E-state index is 12.8. The number of nitrogens with zero attached hydrogens (tertiary/aromatic N) is 1. The minimum absolute atomic E-state index is 0.0511. The molecule has 29 heavy (non-hydrogen) atoms. The highest BCUT2D eigenvalue weighted by atomic mass is 19.4. The number of alkyl halides is 3. The maximum absolute atomic E-state index is 12.8. The summed E-state index contributed by atoms with van der Waals surface area (Å²) in [6, 6.07) is 14.1. The van der Waals surface area contributed by atoms with Crippen LogP contribution in [0.4, 0.5) is 13.2 Å². The van der Waals surface area contributed by atoms with Crippen molar-refractivity contribution in [1.29, 1.82) is 0 Å². The molecule has 0 saturated carbocycles. The summed E-state index contributed by atoms with van der Waals surface area (Å²) in [5.74, 6) is -0.227. The first-order chi connectivity index (χ1) is 13.9. The minimum Gasteiger partial charge on any atom is -0.480 e. The first kappa shape index (κ1) is 20.0. The molecular weight excluding hydrogens is 381 g/mol. The molecule has 1 heterocycles. The summed E-state index contributed by atoms with van der Waals surface area (Å²) in [6.45, 7) is 1.69. The fourth-order valence-corrected chi connectivity index (χ4v) is 4.45. The number of likely N-dealkylation sites (tertiary alicyclic amines) is 1. The Balaban J connectivity index is 1.66. The predicted molar refractivity (Wildman–Crippen MR) is 104 cm³/mol. The maximum Gasteiger partial charge on any atom is 0.573 e. The number of hydrogen-bond donors (Lipinski definition) is 1. The molecule has 2 aromatic rings. The predicted octanol–water partition coefficient (Wildman–Crippen LogP) is 4.44. The monoisotopic (exact) mass is 406 g/mol. The number of para-hydroxylation sites is 2. The van der Waals surface area contributed by atoms with Crippen LogP contribution in [0.1, 0.15) is 36.5 Å². The van der Waals surface area contributed by atoms with Gasteiger partial charge in [-0.15, -0.1) is 13.2 Å². The third-order valence-electron chi connectivity index (χ3n) is 5.71. The Morgan fingerprint density at radius 1 is 0.966 bits per heavy atom. The summed E-state index contributed by atoms with van der Waals surface area (Å²) in [7, 11) is 0. The van der Waals surface area contributed by atoms with E-state index in [9.17, 15) is 13.2 Å². The number of piperidine rings is 1. The number of nitrogens with two attached hydrogens (primary N) is 1. The lowest BCUT2D eigenvalue weighted by Crippen LogP contribution is -2.51. The van der Waals surface area contributed by atoms with Gasteiger partial charge < -0.3 is 15.2 Å². The van der Waals surface area contributed by atoms with E-state index < -0.39 is 6.36 Å². The van der Waals surface area contributed by atoms with Crippen molar-refractivity contribution < 1.29 is 22.6 Å². The molecule has 4 nitrogen and oxygen atoms in total. The van der Waals surface area contributed by atoms with Crippen molar-refractivity contribution in [3.05, 3.63) is 59.7 Å².